The summed E-state index contributed by atoms with van der Waals surface area (Å²) >= 11 is 0. The van der Waals surface area contributed by atoms with Gasteiger partial charge in [0.25, 0.3) is 0 Å². The van der Waals surface area contributed by atoms with Gasteiger partial charge in [-0.05, 0) is 17.7 Å². The minimum atomic E-state index is -0.285. The Hall–Kier alpha value is -1.18. The van der Waals surface area contributed by atoms with Crippen LogP contribution in [-0.4, -0.2) is 6.29 Å². The Bertz CT molecular complexity index is 240. The number of carbonyl (C=O) groups excluding carboxylic acids is 1. The lowest BCUT2D eigenvalue weighted by molar-refractivity contribution is 0.546. The molecule has 11 heavy (non-hydrogen) atoms. The van der Waals surface area contributed by atoms with Crippen molar-refractivity contribution < 1.29 is 9.18 Å². The summed E-state index contributed by atoms with van der Waals surface area (Å²) < 4.78 is 12.4. The lowest BCUT2D eigenvalue weighted by atomic mass is 10.0. The standard InChI is InChI=1S/C9H8FO/c1-7(6-11)8-2-4-9(10)5-3-8/h2-5,7H,1H3. The van der Waals surface area contributed by atoms with Crippen LogP contribution in [-0.2, 0) is 4.79 Å². The number of benzene rings is 1. The molecule has 57 valence electrons. The summed E-state index contributed by atoms with van der Waals surface area (Å²) in [5, 5.41) is 0. The predicted octanol–water partition coefficient (Wildman–Crippen LogP) is 2.04. The van der Waals surface area contributed by atoms with Crippen molar-refractivity contribution in [3.63, 3.8) is 0 Å². The van der Waals surface area contributed by atoms with Crippen molar-refractivity contribution in [2.24, 2.45) is 0 Å². The molecule has 1 aromatic rings. The van der Waals surface area contributed by atoms with Crippen LogP contribution in [0.25, 0.3) is 0 Å². The Morgan fingerprint density at radius 2 is 1.91 bits per heavy atom. The van der Waals surface area contributed by atoms with Gasteiger partial charge < -0.3 is 0 Å². The maximum absolute atomic E-state index is 12.4. The highest BCUT2D eigenvalue weighted by atomic mass is 19.1. The van der Waals surface area contributed by atoms with Gasteiger partial charge in [0.05, 0.1) is 0 Å². The van der Waals surface area contributed by atoms with E-state index in [2.05, 4.69) is 0 Å². The number of rotatable bonds is 2. The van der Waals surface area contributed by atoms with Gasteiger partial charge in [0, 0.05) is 5.92 Å². The summed E-state index contributed by atoms with van der Waals surface area (Å²) in [4.78, 5) is 10.2. The summed E-state index contributed by atoms with van der Waals surface area (Å²) in [5.41, 5.74) is 0.793. The largest absolute Gasteiger partial charge is 0.290 e. The third kappa shape index (κ3) is 1.87. The Morgan fingerprint density at radius 1 is 1.36 bits per heavy atom. The first-order valence-electron chi connectivity index (χ1n) is 3.37. The van der Waals surface area contributed by atoms with Crippen LogP contribution in [0.2, 0.25) is 0 Å². The molecule has 1 aromatic carbocycles. The van der Waals surface area contributed by atoms with E-state index in [1.807, 2.05) is 6.29 Å². The second-order valence-corrected chi connectivity index (χ2v) is 2.39. The van der Waals surface area contributed by atoms with E-state index in [1.165, 1.54) is 12.1 Å². The monoisotopic (exact) mass is 151 g/mol. The Balaban J connectivity index is 2.89. The summed E-state index contributed by atoms with van der Waals surface area (Å²) in [7, 11) is 0. The van der Waals surface area contributed by atoms with Gasteiger partial charge in [0.2, 0.25) is 6.29 Å². The number of halogens is 1. The fraction of sp³-hybridized carbons (Fsp3) is 0.222. The minimum Gasteiger partial charge on any atom is -0.290 e. The van der Waals surface area contributed by atoms with Gasteiger partial charge in [-0.25, -0.2) is 4.39 Å². The second kappa shape index (κ2) is 3.28. The minimum absolute atomic E-state index is 0.268. The van der Waals surface area contributed by atoms with E-state index < -0.39 is 0 Å². The zero-order valence-electron chi connectivity index (χ0n) is 6.17. The van der Waals surface area contributed by atoms with Crippen molar-refractivity contribution in [3.05, 3.63) is 35.6 Å². The third-order valence-corrected chi connectivity index (χ3v) is 1.55. The van der Waals surface area contributed by atoms with Crippen molar-refractivity contribution in [2.45, 2.75) is 12.8 Å². The average molecular weight is 151 g/mol. The molecule has 0 aliphatic rings. The van der Waals surface area contributed by atoms with Crippen LogP contribution in [0.1, 0.15) is 18.4 Å². The topological polar surface area (TPSA) is 17.1 Å². The van der Waals surface area contributed by atoms with E-state index in [0.717, 1.165) is 5.56 Å². The Morgan fingerprint density at radius 3 is 2.36 bits per heavy atom. The Labute approximate surface area is 64.9 Å². The van der Waals surface area contributed by atoms with Crippen LogP contribution >= 0.6 is 0 Å². The quantitative estimate of drug-likeness (QED) is 0.632. The van der Waals surface area contributed by atoms with Gasteiger partial charge in [0.15, 0.2) is 0 Å². The van der Waals surface area contributed by atoms with Crippen LogP contribution in [0.5, 0.6) is 0 Å². The van der Waals surface area contributed by atoms with E-state index in [1.54, 1.807) is 19.1 Å². The van der Waals surface area contributed by atoms with E-state index in [9.17, 15) is 9.18 Å². The zero-order chi connectivity index (χ0) is 8.27. The van der Waals surface area contributed by atoms with Crippen molar-refractivity contribution in [2.75, 3.05) is 0 Å². The molecule has 0 bridgehead atoms. The molecule has 1 atom stereocenters. The van der Waals surface area contributed by atoms with Crippen LogP contribution in [0, 0.1) is 5.82 Å². The molecule has 0 fully saturated rings. The molecule has 0 amide bonds. The van der Waals surface area contributed by atoms with Crippen molar-refractivity contribution in [3.8, 4) is 0 Å². The van der Waals surface area contributed by atoms with Crippen molar-refractivity contribution in [1.29, 1.82) is 0 Å². The molecule has 0 aliphatic heterocycles. The third-order valence-electron chi connectivity index (χ3n) is 1.55. The van der Waals surface area contributed by atoms with Crippen LogP contribution in [0.15, 0.2) is 24.3 Å². The molecule has 0 spiro atoms. The summed E-state index contributed by atoms with van der Waals surface area (Å²) in [6.45, 7) is 1.72. The molecule has 1 nitrogen and oxygen atoms in total. The van der Waals surface area contributed by atoms with Crippen LogP contribution in [0.3, 0.4) is 0 Å². The highest BCUT2D eigenvalue weighted by Crippen LogP contribution is 2.12. The number of hydrogen-bond donors (Lipinski definition) is 0. The molecular weight excluding hydrogens is 143 g/mol. The van der Waals surface area contributed by atoms with Crippen LogP contribution < -0.4 is 0 Å². The fourth-order valence-corrected chi connectivity index (χ4v) is 0.819. The molecule has 0 saturated heterocycles. The van der Waals surface area contributed by atoms with E-state index in [-0.39, 0.29) is 11.7 Å². The average Bonchev–Trinajstić information content (AvgIpc) is 2.05. The molecule has 0 heterocycles. The van der Waals surface area contributed by atoms with Gasteiger partial charge in [-0.1, -0.05) is 19.1 Å². The summed E-state index contributed by atoms with van der Waals surface area (Å²) in [6.07, 6.45) is 1.83. The first kappa shape index (κ1) is 7.92. The molecular formula is C9H8FO. The molecule has 2 heteroatoms. The maximum Gasteiger partial charge on any atom is 0.206 e. The lowest BCUT2D eigenvalue weighted by Gasteiger charge is -2.00. The number of hydrogen-bond acceptors (Lipinski definition) is 1. The van der Waals surface area contributed by atoms with Gasteiger partial charge >= 0.3 is 0 Å². The zero-order valence-corrected chi connectivity index (χ0v) is 6.17. The lowest BCUT2D eigenvalue weighted by Crippen LogP contribution is -1.93. The summed E-state index contributed by atoms with van der Waals surface area (Å²) in [6, 6.07) is 5.85. The normalized spacial score (nSPS) is 12.5. The van der Waals surface area contributed by atoms with Crippen molar-refractivity contribution in [1.82, 2.24) is 0 Å². The molecule has 1 radical (unpaired) electrons. The second-order valence-electron chi connectivity index (χ2n) is 2.39. The maximum atomic E-state index is 12.4. The fourth-order valence-electron chi connectivity index (χ4n) is 0.819. The van der Waals surface area contributed by atoms with Gasteiger partial charge in [0.1, 0.15) is 5.82 Å². The van der Waals surface area contributed by atoms with Gasteiger partial charge in [-0.15, -0.1) is 0 Å². The van der Waals surface area contributed by atoms with Gasteiger partial charge in [-0.2, -0.15) is 0 Å². The molecule has 0 saturated carbocycles. The molecule has 0 N–H and O–H groups in total. The first-order chi connectivity index (χ1) is 5.24. The van der Waals surface area contributed by atoms with E-state index in [0.29, 0.717) is 0 Å². The van der Waals surface area contributed by atoms with E-state index >= 15 is 0 Å². The first-order valence-corrected chi connectivity index (χ1v) is 3.37. The smallest absolute Gasteiger partial charge is 0.206 e. The molecule has 0 aromatic heterocycles. The van der Waals surface area contributed by atoms with Crippen LogP contribution in [0.4, 0.5) is 4.39 Å². The predicted molar refractivity (Wildman–Crippen MR) is 40.5 cm³/mol. The van der Waals surface area contributed by atoms with E-state index in [4.69, 9.17) is 0 Å². The molecule has 1 unspecified atom stereocenters. The summed E-state index contributed by atoms with van der Waals surface area (Å²) in [5.74, 6) is -0.553. The highest BCUT2D eigenvalue weighted by Gasteiger charge is 2.03. The van der Waals surface area contributed by atoms with Crippen molar-refractivity contribution >= 4 is 6.29 Å². The molecule has 0 aliphatic carbocycles. The molecule has 1 rings (SSSR count). The van der Waals surface area contributed by atoms with Gasteiger partial charge in [-0.3, -0.25) is 4.79 Å². The Kier molecular flexibility index (Phi) is 2.36. The highest BCUT2D eigenvalue weighted by molar-refractivity contribution is 5.61. The SMILES string of the molecule is CC([C]=O)c1ccc(F)cc1.